The summed E-state index contributed by atoms with van der Waals surface area (Å²) in [4.78, 5) is 6.64. The summed E-state index contributed by atoms with van der Waals surface area (Å²) in [7, 11) is 0. The second-order valence-electron chi connectivity index (χ2n) is 7.78. The van der Waals surface area contributed by atoms with Gasteiger partial charge in [-0.05, 0) is 38.8 Å². The molecule has 2 aromatic rings. The molecule has 140 valence electrons. The first-order valence-corrected chi connectivity index (χ1v) is 9.58. The molecular weight excluding hydrogens is 328 g/mol. The van der Waals surface area contributed by atoms with E-state index in [4.69, 9.17) is 9.47 Å². The summed E-state index contributed by atoms with van der Waals surface area (Å²) in [6, 6.07) is 3.84. The van der Waals surface area contributed by atoms with Gasteiger partial charge in [0.15, 0.2) is 0 Å². The molecule has 0 aromatic carbocycles. The second kappa shape index (κ2) is 7.37. The Balaban J connectivity index is 1.32. The number of hydrogen-bond acceptors (Lipinski definition) is 5. The van der Waals surface area contributed by atoms with Crippen molar-refractivity contribution in [2.75, 3.05) is 19.7 Å². The fraction of sp³-hybridized carbons (Fsp3) is 0.600. The van der Waals surface area contributed by atoms with Crippen LogP contribution in [0.25, 0.3) is 0 Å². The average molecular weight is 356 g/mol. The predicted molar refractivity (Wildman–Crippen MR) is 98.9 cm³/mol. The molecule has 0 aliphatic carbocycles. The fourth-order valence-electron chi connectivity index (χ4n) is 4.23. The van der Waals surface area contributed by atoms with Crippen molar-refractivity contribution in [1.29, 1.82) is 0 Å². The van der Waals surface area contributed by atoms with E-state index >= 15 is 0 Å². The maximum atomic E-state index is 6.41. The van der Waals surface area contributed by atoms with Crippen molar-refractivity contribution in [3.63, 3.8) is 0 Å². The van der Waals surface area contributed by atoms with Gasteiger partial charge in [-0.1, -0.05) is 0 Å². The lowest BCUT2D eigenvalue weighted by atomic mass is 9.89. The molecule has 6 nitrogen and oxygen atoms in total. The average Bonchev–Trinajstić information content (AvgIpc) is 3.24. The number of likely N-dealkylation sites (tertiary alicyclic amines) is 1. The van der Waals surface area contributed by atoms with Crippen molar-refractivity contribution in [1.82, 2.24) is 19.7 Å². The van der Waals surface area contributed by atoms with Crippen LogP contribution in [0.5, 0.6) is 5.75 Å². The molecule has 0 unspecified atom stereocenters. The number of pyridine rings is 1. The molecule has 2 aromatic heterocycles. The molecule has 4 rings (SSSR count). The first kappa shape index (κ1) is 17.5. The third-order valence-corrected chi connectivity index (χ3v) is 5.47. The van der Waals surface area contributed by atoms with Crippen molar-refractivity contribution in [2.45, 2.75) is 51.5 Å². The highest BCUT2D eigenvalue weighted by atomic mass is 16.6. The van der Waals surface area contributed by atoms with Gasteiger partial charge in [0.25, 0.3) is 0 Å². The van der Waals surface area contributed by atoms with Gasteiger partial charge in [0.2, 0.25) is 0 Å². The SMILES string of the molecule is CCn1cc(CN2CC[C@@H]3O[C@@](C)(COc4cccnc4)C[C@@H]3C2)cn1. The summed E-state index contributed by atoms with van der Waals surface area (Å²) in [6.45, 7) is 8.95. The lowest BCUT2D eigenvalue weighted by Crippen LogP contribution is -2.40. The molecule has 0 saturated carbocycles. The van der Waals surface area contributed by atoms with Crippen LogP contribution in [0.1, 0.15) is 32.3 Å². The quantitative estimate of drug-likeness (QED) is 0.797. The van der Waals surface area contributed by atoms with E-state index in [9.17, 15) is 0 Å². The van der Waals surface area contributed by atoms with E-state index in [-0.39, 0.29) is 5.60 Å². The van der Waals surface area contributed by atoms with Crippen LogP contribution in [0, 0.1) is 5.92 Å². The highest BCUT2D eigenvalue weighted by Gasteiger charge is 2.46. The first-order valence-electron chi connectivity index (χ1n) is 9.58. The van der Waals surface area contributed by atoms with Gasteiger partial charge < -0.3 is 9.47 Å². The molecule has 0 bridgehead atoms. The van der Waals surface area contributed by atoms with Gasteiger partial charge in [-0.15, -0.1) is 0 Å². The van der Waals surface area contributed by atoms with E-state index in [1.807, 2.05) is 23.0 Å². The molecule has 0 N–H and O–H groups in total. The molecular formula is C20H28N4O2. The minimum absolute atomic E-state index is 0.214. The van der Waals surface area contributed by atoms with Crippen LogP contribution in [0.4, 0.5) is 0 Å². The number of ether oxygens (including phenoxy) is 2. The molecule has 4 heterocycles. The van der Waals surface area contributed by atoms with Gasteiger partial charge in [0.1, 0.15) is 18.0 Å². The van der Waals surface area contributed by atoms with E-state index in [0.717, 1.165) is 44.8 Å². The third kappa shape index (κ3) is 3.91. The molecule has 6 heteroatoms. The monoisotopic (exact) mass is 356 g/mol. The minimum atomic E-state index is -0.214. The molecule has 2 saturated heterocycles. The molecule has 0 amide bonds. The van der Waals surface area contributed by atoms with Crippen molar-refractivity contribution in [3.8, 4) is 5.75 Å². The van der Waals surface area contributed by atoms with Crippen LogP contribution in [-0.2, 0) is 17.8 Å². The largest absolute Gasteiger partial charge is 0.489 e. The van der Waals surface area contributed by atoms with Crippen LogP contribution in [0.15, 0.2) is 36.9 Å². The minimum Gasteiger partial charge on any atom is -0.489 e. The van der Waals surface area contributed by atoms with Crippen LogP contribution in [-0.4, -0.2) is 51.1 Å². The number of rotatable bonds is 6. The molecule has 2 aliphatic heterocycles. The van der Waals surface area contributed by atoms with Crippen LogP contribution >= 0.6 is 0 Å². The predicted octanol–water partition coefficient (Wildman–Crippen LogP) is 2.75. The van der Waals surface area contributed by atoms with Gasteiger partial charge in [-0.25, -0.2) is 0 Å². The van der Waals surface area contributed by atoms with E-state index in [2.05, 4.69) is 35.0 Å². The number of nitrogens with zero attached hydrogens (tertiary/aromatic N) is 4. The number of fused-ring (bicyclic) bond motifs is 1. The summed E-state index contributed by atoms with van der Waals surface area (Å²) in [5.41, 5.74) is 1.08. The van der Waals surface area contributed by atoms with E-state index in [0.29, 0.717) is 18.6 Å². The summed E-state index contributed by atoms with van der Waals surface area (Å²) in [6.07, 6.45) is 10.2. The van der Waals surface area contributed by atoms with E-state index in [1.165, 1.54) is 5.56 Å². The van der Waals surface area contributed by atoms with Crippen LogP contribution < -0.4 is 4.74 Å². The number of aromatic nitrogens is 3. The first-order chi connectivity index (χ1) is 12.6. The van der Waals surface area contributed by atoms with Crippen LogP contribution in [0.3, 0.4) is 0 Å². The van der Waals surface area contributed by atoms with Crippen molar-refractivity contribution >= 4 is 0 Å². The van der Waals surface area contributed by atoms with Gasteiger partial charge >= 0.3 is 0 Å². The number of aryl methyl sites for hydroxylation is 1. The lowest BCUT2D eigenvalue weighted by molar-refractivity contribution is -0.0698. The Labute approximate surface area is 155 Å². The highest BCUT2D eigenvalue weighted by molar-refractivity contribution is 5.15. The zero-order valence-corrected chi connectivity index (χ0v) is 15.7. The van der Waals surface area contributed by atoms with E-state index in [1.54, 1.807) is 12.4 Å². The number of piperidine rings is 1. The molecule has 0 spiro atoms. The number of hydrogen-bond donors (Lipinski definition) is 0. The summed E-state index contributed by atoms with van der Waals surface area (Å²) >= 11 is 0. The zero-order chi connectivity index (χ0) is 18.0. The standard InChI is InChI=1S/C20H28N4O2/c1-3-24-13-16(10-22-24)12-23-8-6-19-17(14-23)9-20(2,26-19)15-25-18-5-4-7-21-11-18/h4-5,7,10-11,13,17,19H,3,6,8-9,12,14-15H2,1-2H3/t17-,19+,20-/m1/s1. The highest BCUT2D eigenvalue weighted by Crippen LogP contribution is 2.39. The molecule has 26 heavy (non-hydrogen) atoms. The zero-order valence-electron chi connectivity index (χ0n) is 15.7. The van der Waals surface area contributed by atoms with Gasteiger partial charge in [-0.3, -0.25) is 14.6 Å². The summed E-state index contributed by atoms with van der Waals surface area (Å²) in [5, 5.41) is 4.39. The fourth-order valence-corrected chi connectivity index (χ4v) is 4.23. The summed E-state index contributed by atoms with van der Waals surface area (Å²) in [5.74, 6) is 1.38. The Kier molecular flexibility index (Phi) is 4.96. The lowest BCUT2D eigenvalue weighted by Gasteiger charge is -2.33. The molecule has 2 aliphatic rings. The van der Waals surface area contributed by atoms with Gasteiger partial charge in [0.05, 0.1) is 18.5 Å². The van der Waals surface area contributed by atoms with Gasteiger partial charge in [-0.2, -0.15) is 5.10 Å². The van der Waals surface area contributed by atoms with Crippen molar-refractivity contribution in [3.05, 3.63) is 42.5 Å². The molecule has 3 atom stereocenters. The maximum absolute atomic E-state index is 6.41. The normalized spacial score (nSPS) is 28.8. The smallest absolute Gasteiger partial charge is 0.137 e. The molecule has 2 fully saturated rings. The van der Waals surface area contributed by atoms with Gasteiger partial charge in [0, 0.05) is 50.1 Å². The second-order valence-corrected chi connectivity index (χ2v) is 7.78. The summed E-state index contributed by atoms with van der Waals surface area (Å²) < 4.78 is 14.3. The van der Waals surface area contributed by atoms with E-state index < -0.39 is 0 Å². The Morgan fingerprint density at radius 1 is 1.38 bits per heavy atom. The Morgan fingerprint density at radius 2 is 2.31 bits per heavy atom. The van der Waals surface area contributed by atoms with Crippen LogP contribution in [0.2, 0.25) is 0 Å². The Bertz CT molecular complexity index is 720. The van der Waals surface area contributed by atoms with Crippen molar-refractivity contribution in [2.24, 2.45) is 5.92 Å². The Hall–Kier alpha value is -1.92. The Morgan fingerprint density at radius 3 is 3.08 bits per heavy atom. The third-order valence-electron chi connectivity index (χ3n) is 5.47. The maximum Gasteiger partial charge on any atom is 0.137 e. The molecule has 0 radical (unpaired) electrons. The van der Waals surface area contributed by atoms with Crippen molar-refractivity contribution < 1.29 is 9.47 Å². The topological polar surface area (TPSA) is 52.4 Å².